The van der Waals surface area contributed by atoms with E-state index in [0.717, 1.165) is 16.9 Å². The lowest BCUT2D eigenvalue weighted by Crippen LogP contribution is -2.37. The van der Waals surface area contributed by atoms with Crippen molar-refractivity contribution in [3.63, 3.8) is 0 Å². The first-order chi connectivity index (χ1) is 9.88. The molecule has 2 N–H and O–H groups in total. The highest BCUT2D eigenvalue weighted by Crippen LogP contribution is 2.31. The summed E-state index contributed by atoms with van der Waals surface area (Å²) in [5.41, 5.74) is 1.35. The number of nitrogens with one attached hydrogen (secondary N) is 1. The Balaban J connectivity index is 2.74. The Hall–Kier alpha value is -1.91. The second-order valence-corrected chi connectivity index (χ2v) is 5.98. The van der Waals surface area contributed by atoms with Gasteiger partial charge in [0, 0.05) is 4.88 Å². The summed E-state index contributed by atoms with van der Waals surface area (Å²) in [5.74, 6) is -1.26. The third-order valence-corrected chi connectivity index (χ3v) is 4.14. The molecule has 0 aliphatic rings. The molecule has 0 spiro atoms. The lowest BCUT2D eigenvalue weighted by atomic mass is 10.2. The zero-order chi connectivity index (χ0) is 16.0. The van der Waals surface area contributed by atoms with Gasteiger partial charge in [-0.05, 0) is 32.4 Å². The summed E-state index contributed by atoms with van der Waals surface area (Å²) in [6, 6.07) is 2.09. The molecule has 1 aromatic heterocycles. The Kier molecular flexibility index (Phi) is 6.34. The number of rotatable bonds is 7. The average molecular weight is 309 g/mol. The van der Waals surface area contributed by atoms with Crippen molar-refractivity contribution in [3.05, 3.63) is 16.0 Å². The van der Waals surface area contributed by atoms with Crippen molar-refractivity contribution >= 4 is 28.2 Å². The van der Waals surface area contributed by atoms with E-state index in [4.69, 9.17) is 10.4 Å². The van der Waals surface area contributed by atoms with Gasteiger partial charge in [0.05, 0.1) is 18.7 Å². The zero-order valence-electron chi connectivity index (χ0n) is 12.4. The van der Waals surface area contributed by atoms with Crippen LogP contribution in [0.25, 0.3) is 0 Å². The van der Waals surface area contributed by atoms with Gasteiger partial charge in [0.1, 0.15) is 11.1 Å². The number of aryl methyl sites for hydroxylation is 1. The van der Waals surface area contributed by atoms with Crippen LogP contribution in [0.15, 0.2) is 0 Å². The smallest absolute Gasteiger partial charge is 0.317 e. The number of thiophene rings is 1. The summed E-state index contributed by atoms with van der Waals surface area (Å²) in [4.78, 5) is 25.3. The Labute approximate surface area is 128 Å². The van der Waals surface area contributed by atoms with Gasteiger partial charge in [0.15, 0.2) is 0 Å². The van der Waals surface area contributed by atoms with Crippen molar-refractivity contribution < 1.29 is 14.7 Å². The molecule has 0 saturated carbocycles. The molecule has 1 aromatic rings. The van der Waals surface area contributed by atoms with Crippen LogP contribution in [-0.2, 0) is 9.59 Å². The Bertz CT molecular complexity index is 575. The minimum Gasteiger partial charge on any atom is -0.480 e. The molecule has 0 radical (unpaired) electrons. The molecule has 0 bridgehead atoms. The summed E-state index contributed by atoms with van der Waals surface area (Å²) in [5, 5.41) is 21.2. The van der Waals surface area contributed by atoms with Crippen LogP contribution in [0, 0.1) is 25.2 Å². The summed E-state index contributed by atoms with van der Waals surface area (Å²) >= 11 is 1.36. The van der Waals surface area contributed by atoms with Gasteiger partial charge in [-0.2, -0.15) is 5.26 Å². The monoisotopic (exact) mass is 309 g/mol. The maximum Gasteiger partial charge on any atom is 0.317 e. The van der Waals surface area contributed by atoms with Crippen molar-refractivity contribution in [1.29, 1.82) is 5.26 Å². The Morgan fingerprint density at radius 1 is 1.38 bits per heavy atom. The second-order valence-electron chi connectivity index (χ2n) is 4.75. The SMILES string of the molecule is CCCN(CC(=O)O)CC(=O)Nc1sc(C)c(C)c1C#N. The summed E-state index contributed by atoms with van der Waals surface area (Å²) in [7, 11) is 0. The number of nitrogens with zero attached hydrogens (tertiary/aromatic N) is 2. The molecule has 1 amide bonds. The van der Waals surface area contributed by atoms with Gasteiger partial charge in [-0.1, -0.05) is 6.92 Å². The van der Waals surface area contributed by atoms with Gasteiger partial charge in [0.2, 0.25) is 5.91 Å². The van der Waals surface area contributed by atoms with E-state index in [2.05, 4.69) is 11.4 Å². The van der Waals surface area contributed by atoms with Crippen LogP contribution in [0.3, 0.4) is 0 Å². The Morgan fingerprint density at radius 3 is 2.57 bits per heavy atom. The van der Waals surface area contributed by atoms with Gasteiger partial charge in [-0.3, -0.25) is 14.5 Å². The van der Waals surface area contributed by atoms with Crippen LogP contribution < -0.4 is 5.32 Å². The predicted octanol–water partition coefficient (Wildman–Crippen LogP) is 1.97. The molecule has 7 heteroatoms. The summed E-state index contributed by atoms with van der Waals surface area (Å²) in [6.45, 7) is 6.02. The van der Waals surface area contributed by atoms with Crippen LogP contribution in [0.1, 0.15) is 29.3 Å². The highest BCUT2D eigenvalue weighted by molar-refractivity contribution is 7.16. The quantitative estimate of drug-likeness (QED) is 0.803. The van der Waals surface area contributed by atoms with Gasteiger partial charge in [0.25, 0.3) is 0 Å². The highest BCUT2D eigenvalue weighted by Gasteiger charge is 2.17. The van der Waals surface area contributed by atoms with E-state index in [-0.39, 0.29) is 19.0 Å². The molecule has 1 heterocycles. The fraction of sp³-hybridized carbons (Fsp3) is 0.500. The number of anilines is 1. The molecule has 0 aliphatic carbocycles. The molecule has 6 nitrogen and oxygen atoms in total. The number of amides is 1. The number of hydrogen-bond acceptors (Lipinski definition) is 5. The Morgan fingerprint density at radius 2 is 2.05 bits per heavy atom. The molecule has 114 valence electrons. The summed E-state index contributed by atoms with van der Waals surface area (Å²) in [6.07, 6.45) is 0.765. The fourth-order valence-electron chi connectivity index (χ4n) is 1.94. The van der Waals surface area contributed by atoms with Crippen LogP contribution >= 0.6 is 11.3 Å². The van der Waals surface area contributed by atoms with E-state index < -0.39 is 5.97 Å². The van der Waals surface area contributed by atoms with Gasteiger partial charge in [-0.15, -0.1) is 11.3 Å². The molecule has 0 atom stereocenters. The molecule has 0 fully saturated rings. The average Bonchev–Trinajstić information content (AvgIpc) is 2.63. The molecular weight excluding hydrogens is 290 g/mol. The van der Waals surface area contributed by atoms with Crippen LogP contribution in [0.5, 0.6) is 0 Å². The standard InChI is InChI=1S/C14H19N3O3S/c1-4-5-17(8-13(19)20)7-12(18)16-14-11(6-15)9(2)10(3)21-14/h4-5,7-8H2,1-3H3,(H,16,18)(H,19,20). The zero-order valence-corrected chi connectivity index (χ0v) is 13.2. The van der Waals surface area contributed by atoms with E-state index in [1.54, 1.807) is 4.90 Å². The molecule has 1 rings (SSSR count). The van der Waals surface area contributed by atoms with Crippen molar-refractivity contribution in [2.24, 2.45) is 0 Å². The van der Waals surface area contributed by atoms with E-state index in [1.165, 1.54) is 11.3 Å². The summed E-state index contributed by atoms with van der Waals surface area (Å²) < 4.78 is 0. The molecule has 0 saturated heterocycles. The topological polar surface area (TPSA) is 93.4 Å². The molecule has 0 aromatic carbocycles. The second kappa shape index (κ2) is 7.76. The normalized spacial score (nSPS) is 10.4. The minimum atomic E-state index is -0.961. The van der Waals surface area contributed by atoms with E-state index in [0.29, 0.717) is 17.1 Å². The van der Waals surface area contributed by atoms with Crippen molar-refractivity contribution in [2.75, 3.05) is 25.0 Å². The third kappa shape index (κ3) is 4.85. The molecule has 0 aliphatic heterocycles. The first-order valence-corrected chi connectivity index (χ1v) is 7.44. The molecular formula is C14H19N3O3S. The number of hydrogen-bond donors (Lipinski definition) is 2. The predicted molar refractivity (Wildman–Crippen MR) is 81.5 cm³/mol. The van der Waals surface area contributed by atoms with Gasteiger partial charge in [-0.25, -0.2) is 0 Å². The van der Waals surface area contributed by atoms with E-state index in [1.807, 2.05) is 20.8 Å². The third-order valence-electron chi connectivity index (χ3n) is 3.02. The first kappa shape index (κ1) is 17.1. The molecule has 0 unspecified atom stereocenters. The lowest BCUT2D eigenvalue weighted by molar-refractivity contribution is -0.138. The van der Waals surface area contributed by atoms with Crippen LogP contribution in [0.2, 0.25) is 0 Å². The van der Waals surface area contributed by atoms with Crippen LogP contribution in [-0.4, -0.2) is 41.5 Å². The number of carbonyl (C=O) groups is 2. The molecule has 21 heavy (non-hydrogen) atoms. The number of nitriles is 1. The lowest BCUT2D eigenvalue weighted by Gasteiger charge is -2.18. The number of carboxylic acid groups (broad SMARTS) is 1. The van der Waals surface area contributed by atoms with Crippen molar-refractivity contribution in [1.82, 2.24) is 4.90 Å². The maximum atomic E-state index is 12.0. The maximum absolute atomic E-state index is 12.0. The minimum absolute atomic E-state index is 0.000996. The van der Waals surface area contributed by atoms with Gasteiger partial charge >= 0.3 is 5.97 Å². The first-order valence-electron chi connectivity index (χ1n) is 6.63. The highest BCUT2D eigenvalue weighted by atomic mass is 32.1. The number of aliphatic carboxylic acids is 1. The van der Waals surface area contributed by atoms with E-state index in [9.17, 15) is 9.59 Å². The largest absolute Gasteiger partial charge is 0.480 e. The van der Waals surface area contributed by atoms with Crippen LogP contribution in [0.4, 0.5) is 5.00 Å². The fourth-order valence-corrected chi connectivity index (χ4v) is 2.97. The van der Waals surface area contributed by atoms with Crippen molar-refractivity contribution in [2.45, 2.75) is 27.2 Å². The number of carboxylic acids is 1. The number of carbonyl (C=O) groups excluding carboxylic acids is 1. The van der Waals surface area contributed by atoms with E-state index >= 15 is 0 Å². The van der Waals surface area contributed by atoms with Gasteiger partial charge < -0.3 is 10.4 Å². The van der Waals surface area contributed by atoms with Crippen molar-refractivity contribution in [3.8, 4) is 6.07 Å².